The van der Waals surface area contributed by atoms with Gasteiger partial charge in [-0.3, -0.25) is 0 Å². The Kier molecular flexibility index (Phi) is 5.64. The molecule has 0 aliphatic carbocycles. The van der Waals surface area contributed by atoms with Crippen LogP contribution in [-0.4, -0.2) is 6.54 Å². The Labute approximate surface area is 131 Å². The van der Waals surface area contributed by atoms with Gasteiger partial charge < -0.3 is 5.32 Å². The summed E-state index contributed by atoms with van der Waals surface area (Å²) in [4.78, 5) is 2.80. The second kappa shape index (κ2) is 7.26. The Morgan fingerprint density at radius 1 is 1.20 bits per heavy atom. The van der Waals surface area contributed by atoms with E-state index >= 15 is 0 Å². The lowest BCUT2D eigenvalue weighted by atomic mass is 10.0. The number of aryl methyl sites for hydroxylation is 2. The van der Waals surface area contributed by atoms with Crippen LogP contribution in [0.5, 0.6) is 0 Å². The van der Waals surface area contributed by atoms with Gasteiger partial charge in [0.15, 0.2) is 0 Å². The van der Waals surface area contributed by atoms with E-state index in [-0.39, 0.29) is 6.04 Å². The van der Waals surface area contributed by atoms with Crippen LogP contribution in [-0.2, 0) is 6.42 Å². The van der Waals surface area contributed by atoms with Crippen molar-refractivity contribution >= 4 is 22.9 Å². The fraction of sp³-hybridized carbons (Fsp3) is 0.412. The molecule has 0 amide bonds. The zero-order valence-corrected chi connectivity index (χ0v) is 13.9. The van der Waals surface area contributed by atoms with E-state index in [1.165, 1.54) is 20.9 Å². The van der Waals surface area contributed by atoms with Gasteiger partial charge in [0.05, 0.1) is 6.04 Å². The average Bonchev–Trinajstić information content (AvgIpc) is 2.87. The van der Waals surface area contributed by atoms with Crippen molar-refractivity contribution in [3.8, 4) is 0 Å². The Morgan fingerprint density at radius 3 is 2.60 bits per heavy atom. The summed E-state index contributed by atoms with van der Waals surface area (Å²) in [7, 11) is 0. The quantitative estimate of drug-likeness (QED) is 0.757. The Bertz CT molecular complexity index is 542. The summed E-state index contributed by atoms with van der Waals surface area (Å²) in [5, 5.41) is 4.46. The Balaban J connectivity index is 2.35. The molecule has 1 aromatic carbocycles. The third-order valence-electron chi connectivity index (χ3n) is 3.31. The van der Waals surface area contributed by atoms with Gasteiger partial charge in [0.1, 0.15) is 0 Å². The third kappa shape index (κ3) is 3.85. The molecule has 3 heteroatoms. The molecule has 20 heavy (non-hydrogen) atoms. The van der Waals surface area contributed by atoms with Gasteiger partial charge >= 0.3 is 0 Å². The van der Waals surface area contributed by atoms with Gasteiger partial charge in [-0.1, -0.05) is 31.5 Å². The summed E-state index contributed by atoms with van der Waals surface area (Å²) >= 11 is 8.12. The minimum atomic E-state index is 0.248. The van der Waals surface area contributed by atoms with Crippen LogP contribution in [0.2, 0.25) is 5.02 Å². The molecule has 0 aliphatic rings. The van der Waals surface area contributed by atoms with Crippen LogP contribution in [0.4, 0.5) is 0 Å². The number of halogens is 1. The van der Waals surface area contributed by atoms with Gasteiger partial charge in [0.2, 0.25) is 0 Å². The molecule has 1 nitrogen and oxygen atoms in total. The minimum Gasteiger partial charge on any atom is -0.306 e. The van der Waals surface area contributed by atoms with Crippen molar-refractivity contribution in [3.05, 3.63) is 56.2 Å². The molecule has 0 radical (unpaired) electrons. The van der Waals surface area contributed by atoms with E-state index in [1.54, 1.807) is 0 Å². The smallest absolute Gasteiger partial charge is 0.0671 e. The molecule has 0 aliphatic heterocycles. The lowest BCUT2D eigenvalue weighted by Gasteiger charge is -2.18. The first kappa shape index (κ1) is 15.6. The fourth-order valence-corrected chi connectivity index (χ4v) is 3.70. The molecule has 108 valence electrons. The van der Waals surface area contributed by atoms with E-state index in [2.05, 4.69) is 50.4 Å². The van der Waals surface area contributed by atoms with Gasteiger partial charge in [0, 0.05) is 14.8 Å². The molecule has 1 atom stereocenters. The maximum atomic E-state index is 6.22. The normalized spacial score (nSPS) is 12.6. The van der Waals surface area contributed by atoms with Gasteiger partial charge in [-0.15, -0.1) is 11.3 Å². The molecule has 1 heterocycles. The Hall–Kier alpha value is -0.830. The summed E-state index contributed by atoms with van der Waals surface area (Å²) in [6, 6.07) is 11.0. The topological polar surface area (TPSA) is 12.0 Å². The molecule has 2 rings (SSSR count). The van der Waals surface area contributed by atoms with Gasteiger partial charge in [-0.05, 0) is 61.7 Å². The maximum Gasteiger partial charge on any atom is 0.0671 e. The van der Waals surface area contributed by atoms with Gasteiger partial charge in [0.25, 0.3) is 0 Å². The standard InChI is InChI=1S/C17H22ClNS/c1-4-8-19-17(16-7-6-15(5-2)20-16)13-9-12(3)10-14(18)11-13/h6-7,9-11,17,19H,4-5,8H2,1-3H3. The highest BCUT2D eigenvalue weighted by molar-refractivity contribution is 7.12. The first-order valence-corrected chi connectivity index (χ1v) is 8.42. The number of hydrogen-bond donors (Lipinski definition) is 1. The zero-order valence-electron chi connectivity index (χ0n) is 12.4. The average molecular weight is 308 g/mol. The van der Waals surface area contributed by atoms with E-state index in [0.717, 1.165) is 24.4 Å². The highest BCUT2D eigenvalue weighted by atomic mass is 35.5. The zero-order chi connectivity index (χ0) is 14.5. The van der Waals surface area contributed by atoms with Crippen molar-refractivity contribution < 1.29 is 0 Å². The molecule has 0 fully saturated rings. The molecule has 1 unspecified atom stereocenters. The van der Waals surface area contributed by atoms with Crippen LogP contribution < -0.4 is 5.32 Å². The summed E-state index contributed by atoms with van der Waals surface area (Å²) < 4.78 is 0. The first-order valence-electron chi connectivity index (χ1n) is 7.23. The lowest BCUT2D eigenvalue weighted by molar-refractivity contribution is 0.605. The number of rotatable bonds is 6. The van der Waals surface area contributed by atoms with Crippen LogP contribution in [0.15, 0.2) is 30.3 Å². The fourth-order valence-electron chi connectivity index (χ4n) is 2.34. The molecule has 1 N–H and O–H groups in total. The predicted molar refractivity (Wildman–Crippen MR) is 90.0 cm³/mol. The van der Waals surface area contributed by atoms with Gasteiger partial charge in [-0.2, -0.15) is 0 Å². The molecular weight excluding hydrogens is 286 g/mol. The highest BCUT2D eigenvalue weighted by Crippen LogP contribution is 2.31. The SMILES string of the molecule is CCCNC(c1cc(C)cc(Cl)c1)c1ccc(CC)s1. The Morgan fingerprint density at radius 2 is 2.00 bits per heavy atom. The van der Waals surface area contributed by atoms with Crippen LogP contribution in [0.25, 0.3) is 0 Å². The van der Waals surface area contributed by atoms with Crippen LogP contribution in [0.3, 0.4) is 0 Å². The largest absolute Gasteiger partial charge is 0.306 e. The molecule has 0 saturated carbocycles. The van der Waals surface area contributed by atoms with Crippen LogP contribution in [0, 0.1) is 6.92 Å². The minimum absolute atomic E-state index is 0.248. The molecule has 1 aromatic heterocycles. The second-order valence-corrected chi connectivity index (χ2v) is 6.74. The maximum absolute atomic E-state index is 6.22. The summed E-state index contributed by atoms with van der Waals surface area (Å²) in [6.45, 7) is 7.50. The van der Waals surface area contributed by atoms with E-state index in [0.29, 0.717) is 0 Å². The number of nitrogens with one attached hydrogen (secondary N) is 1. The molecular formula is C17H22ClNS. The second-order valence-electron chi connectivity index (χ2n) is 5.11. The van der Waals surface area contributed by atoms with Crippen LogP contribution in [0.1, 0.15) is 47.2 Å². The van der Waals surface area contributed by atoms with Gasteiger partial charge in [-0.25, -0.2) is 0 Å². The number of benzene rings is 1. The van der Waals surface area contributed by atoms with E-state index in [4.69, 9.17) is 11.6 Å². The number of thiophene rings is 1. The summed E-state index contributed by atoms with van der Waals surface area (Å²) in [5.41, 5.74) is 2.47. The lowest BCUT2D eigenvalue weighted by Crippen LogP contribution is -2.22. The van der Waals surface area contributed by atoms with Crippen molar-refractivity contribution in [2.45, 2.75) is 39.7 Å². The summed E-state index contributed by atoms with van der Waals surface area (Å²) in [5.74, 6) is 0. The molecule has 0 spiro atoms. The van der Waals surface area contributed by atoms with Crippen LogP contribution >= 0.6 is 22.9 Å². The van der Waals surface area contributed by atoms with Crippen molar-refractivity contribution in [1.82, 2.24) is 5.32 Å². The molecule has 0 bridgehead atoms. The molecule has 0 saturated heterocycles. The summed E-state index contributed by atoms with van der Waals surface area (Å²) in [6.07, 6.45) is 2.22. The molecule has 2 aromatic rings. The van der Waals surface area contributed by atoms with E-state index < -0.39 is 0 Å². The monoisotopic (exact) mass is 307 g/mol. The highest BCUT2D eigenvalue weighted by Gasteiger charge is 2.16. The van der Waals surface area contributed by atoms with E-state index in [9.17, 15) is 0 Å². The first-order chi connectivity index (χ1) is 9.63. The van der Waals surface area contributed by atoms with Crippen molar-refractivity contribution in [2.24, 2.45) is 0 Å². The number of hydrogen-bond acceptors (Lipinski definition) is 2. The third-order valence-corrected chi connectivity index (χ3v) is 4.82. The van der Waals surface area contributed by atoms with E-state index in [1.807, 2.05) is 17.4 Å². The predicted octanol–water partition coefficient (Wildman–Crippen LogP) is 5.36. The van der Waals surface area contributed by atoms with Crippen molar-refractivity contribution in [3.63, 3.8) is 0 Å². The van der Waals surface area contributed by atoms with Crippen molar-refractivity contribution in [1.29, 1.82) is 0 Å². The van der Waals surface area contributed by atoms with Crippen molar-refractivity contribution in [2.75, 3.05) is 6.54 Å².